The van der Waals surface area contributed by atoms with Crippen molar-refractivity contribution < 1.29 is 14.0 Å². The van der Waals surface area contributed by atoms with Crippen LogP contribution in [0.2, 0.25) is 0 Å². The van der Waals surface area contributed by atoms with E-state index in [-0.39, 0.29) is 12.0 Å². The summed E-state index contributed by atoms with van der Waals surface area (Å²) in [4.78, 5) is 28.3. The Hall–Kier alpha value is -4.67. The number of hydrogen-bond acceptors (Lipinski definition) is 7. The first-order valence-electron chi connectivity index (χ1n) is 14.1. The SMILES string of the molecule is CCCOC1N=C(c2ccccc2-c2ccc(Cc3c(CCC)n4ncnc4n(-c4ccccc4)c3=O)c(F)c2)NO1. The third-order valence-corrected chi connectivity index (χ3v) is 7.17. The Bertz CT molecular complexity index is 1810. The van der Waals surface area contributed by atoms with Crippen LogP contribution >= 0.6 is 0 Å². The van der Waals surface area contributed by atoms with E-state index in [4.69, 9.17) is 9.57 Å². The van der Waals surface area contributed by atoms with Crippen LogP contribution in [0.3, 0.4) is 0 Å². The van der Waals surface area contributed by atoms with Crippen molar-refractivity contribution in [3.05, 3.63) is 118 Å². The number of nitrogens with one attached hydrogen (secondary N) is 1. The number of fused-ring (bicyclic) bond motifs is 1. The summed E-state index contributed by atoms with van der Waals surface area (Å²) in [6, 6.07) is 22.0. The van der Waals surface area contributed by atoms with Gasteiger partial charge in [0.2, 0.25) is 5.78 Å². The number of aryl methyl sites for hydroxylation is 1. The fourth-order valence-corrected chi connectivity index (χ4v) is 5.21. The first kappa shape index (κ1) is 27.5. The van der Waals surface area contributed by atoms with E-state index in [9.17, 15) is 4.79 Å². The van der Waals surface area contributed by atoms with E-state index < -0.39 is 12.2 Å². The van der Waals surface area contributed by atoms with Crippen LogP contribution < -0.4 is 11.0 Å². The number of hydrogen-bond donors (Lipinski definition) is 1. The average Bonchev–Trinajstić information content (AvgIpc) is 3.69. The molecule has 1 aliphatic rings. The fraction of sp³-hybridized carbons (Fsp3) is 0.250. The average molecular weight is 567 g/mol. The number of amidine groups is 1. The molecule has 42 heavy (non-hydrogen) atoms. The zero-order valence-electron chi connectivity index (χ0n) is 23.5. The molecule has 0 saturated carbocycles. The number of ether oxygens (including phenoxy) is 1. The van der Waals surface area contributed by atoms with E-state index in [2.05, 4.69) is 20.6 Å². The zero-order chi connectivity index (χ0) is 29.1. The first-order chi connectivity index (χ1) is 20.6. The Morgan fingerprint density at radius 1 is 1.00 bits per heavy atom. The van der Waals surface area contributed by atoms with E-state index in [1.165, 1.54) is 12.4 Å². The molecule has 3 heterocycles. The van der Waals surface area contributed by atoms with Crippen molar-refractivity contribution in [2.75, 3.05) is 6.61 Å². The first-order valence-corrected chi connectivity index (χ1v) is 14.1. The highest BCUT2D eigenvalue weighted by Crippen LogP contribution is 2.28. The lowest BCUT2D eigenvalue weighted by Gasteiger charge is -2.16. The minimum atomic E-state index is -0.730. The highest BCUT2D eigenvalue weighted by molar-refractivity contribution is 6.04. The molecule has 0 amide bonds. The van der Waals surface area contributed by atoms with Gasteiger partial charge in [-0.15, -0.1) is 0 Å². The molecule has 10 heteroatoms. The van der Waals surface area contributed by atoms with Gasteiger partial charge in [0.25, 0.3) is 12.0 Å². The lowest BCUT2D eigenvalue weighted by molar-refractivity contribution is -0.144. The van der Waals surface area contributed by atoms with Gasteiger partial charge in [-0.3, -0.25) is 4.79 Å². The standard InChI is InChI=1S/C32H31FN6O3/c1-3-10-28-26(30(40)38(23-11-6-5-7-12-23)31-34-20-35-39(28)31)18-22-16-15-21(19-27(22)33)24-13-8-9-14-25(24)29-36-32(42-37-29)41-17-4-2/h5-9,11-16,19-20,32H,3-4,10,17-18H2,1-2H3,(H,36,37). The fourth-order valence-electron chi connectivity index (χ4n) is 5.21. The van der Waals surface area contributed by atoms with Crippen LogP contribution in [-0.4, -0.2) is 38.0 Å². The van der Waals surface area contributed by atoms with Gasteiger partial charge in [-0.25, -0.2) is 28.8 Å². The quantitative estimate of drug-likeness (QED) is 0.249. The van der Waals surface area contributed by atoms with Gasteiger partial charge >= 0.3 is 0 Å². The summed E-state index contributed by atoms with van der Waals surface area (Å²) in [6.45, 7) is 4.57. The molecule has 5 aromatic rings. The van der Waals surface area contributed by atoms with E-state index in [1.807, 2.05) is 74.5 Å². The molecule has 1 unspecified atom stereocenters. The molecule has 0 spiro atoms. The second kappa shape index (κ2) is 12.1. The molecule has 0 saturated heterocycles. The van der Waals surface area contributed by atoms with Gasteiger partial charge in [-0.1, -0.05) is 74.9 Å². The molecule has 9 nitrogen and oxygen atoms in total. The second-order valence-electron chi connectivity index (χ2n) is 10.0. The van der Waals surface area contributed by atoms with E-state index in [0.717, 1.165) is 29.7 Å². The maximum atomic E-state index is 15.8. The van der Waals surface area contributed by atoms with Crippen molar-refractivity contribution in [2.24, 2.45) is 4.99 Å². The number of aliphatic imine (C=N–C) groups is 1. The van der Waals surface area contributed by atoms with Crippen LogP contribution in [0.25, 0.3) is 22.6 Å². The van der Waals surface area contributed by atoms with Crippen molar-refractivity contribution in [3.63, 3.8) is 0 Å². The Morgan fingerprint density at radius 3 is 2.55 bits per heavy atom. The lowest BCUT2D eigenvalue weighted by Crippen LogP contribution is -2.28. The molecule has 2 aromatic heterocycles. The maximum absolute atomic E-state index is 15.8. The predicted octanol–water partition coefficient (Wildman–Crippen LogP) is 5.22. The topological polar surface area (TPSA) is 95.0 Å². The Kier molecular flexibility index (Phi) is 7.89. The summed E-state index contributed by atoms with van der Waals surface area (Å²) in [6.07, 6.45) is 3.07. The molecule has 1 N–H and O–H groups in total. The molecular formula is C32H31FN6O3. The van der Waals surface area contributed by atoms with Gasteiger partial charge in [0.05, 0.1) is 18.0 Å². The summed E-state index contributed by atoms with van der Waals surface area (Å²) in [7, 11) is 0. The predicted molar refractivity (Wildman–Crippen MR) is 158 cm³/mol. The smallest absolute Gasteiger partial charge is 0.282 e. The van der Waals surface area contributed by atoms with Crippen LogP contribution in [0, 0.1) is 5.82 Å². The van der Waals surface area contributed by atoms with Gasteiger partial charge in [-0.05, 0) is 47.7 Å². The molecule has 1 aliphatic heterocycles. The van der Waals surface area contributed by atoms with Crippen molar-refractivity contribution in [3.8, 4) is 16.8 Å². The normalized spacial score (nSPS) is 14.7. The largest absolute Gasteiger partial charge is 0.332 e. The van der Waals surface area contributed by atoms with Crippen molar-refractivity contribution in [1.29, 1.82) is 0 Å². The number of halogens is 1. The van der Waals surface area contributed by atoms with E-state index in [1.54, 1.807) is 15.1 Å². The maximum Gasteiger partial charge on any atom is 0.282 e. The highest BCUT2D eigenvalue weighted by atomic mass is 19.1. The number of benzene rings is 3. The van der Waals surface area contributed by atoms with Gasteiger partial charge in [-0.2, -0.15) is 10.1 Å². The number of para-hydroxylation sites is 1. The molecule has 1 atom stereocenters. The van der Waals surface area contributed by atoms with Crippen LogP contribution in [0.1, 0.15) is 49.1 Å². The molecule has 0 bridgehead atoms. The van der Waals surface area contributed by atoms with E-state index >= 15 is 4.39 Å². The van der Waals surface area contributed by atoms with Gasteiger partial charge in [0.15, 0.2) is 5.84 Å². The van der Waals surface area contributed by atoms with Crippen LogP contribution in [-0.2, 0) is 22.4 Å². The van der Waals surface area contributed by atoms with Crippen molar-refractivity contribution in [2.45, 2.75) is 45.9 Å². The minimum absolute atomic E-state index is 0.114. The molecular weight excluding hydrogens is 535 g/mol. The summed E-state index contributed by atoms with van der Waals surface area (Å²) in [5.74, 6) is 0.541. The van der Waals surface area contributed by atoms with Crippen LogP contribution in [0.4, 0.5) is 4.39 Å². The molecule has 0 aliphatic carbocycles. The Morgan fingerprint density at radius 2 is 1.79 bits per heavy atom. The molecule has 3 aromatic carbocycles. The van der Waals surface area contributed by atoms with Gasteiger partial charge in [0, 0.05) is 17.5 Å². The van der Waals surface area contributed by atoms with Crippen molar-refractivity contribution in [1.82, 2.24) is 24.6 Å². The summed E-state index contributed by atoms with van der Waals surface area (Å²) in [5, 5.41) is 4.43. The third kappa shape index (κ3) is 5.22. The van der Waals surface area contributed by atoms with Gasteiger partial charge in [0.1, 0.15) is 12.1 Å². The van der Waals surface area contributed by atoms with Gasteiger partial charge < -0.3 is 4.74 Å². The molecule has 0 fully saturated rings. The number of nitrogens with zero attached hydrogens (tertiary/aromatic N) is 5. The third-order valence-electron chi connectivity index (χ3n) is 7.17. The monoisotopic (exact) mass is 566 g/mol. The Labute approximate surface area is 242 Å². The number of aromatic nitrogens is 4. The molecule has 214 valence electrons. The molecule has 0 radical (unpaired) electrons. The number of hydroxylamine groups is 1. The number of rotatable bonds is 10. The van der Waals surface area contributed by atoms with Crippen molar-refractivity contribution >= 4 is 11.6 Å². The van der Waals surface area contributed by atoms with E-state index in [0.29, 0.717) is 47.0 Å². The lowest BCUT2D eigenvalue weighted by atomic mass is 9.95. The molecule has 6 rings (SSSR count). The minimum Gasteiger partial charge on any atom is -0.332 e. The summed E-state index contributed by atoms with van der Waals surface area (Å²) < 4.78 is 24.6. The van der Waals surface area contributed by atoms with Crippen LogP contribution in [0.5, 0.6) is 0 Å². The highest BCUT2D eigenvalue weighted by Gasteiger charge is 2.23. The summed E-state index contributed by atoms with van der Waals surface area (Å²) in [5.41, 5.74) is 7.15. The Balaban J connectivity index is 1.38. The van der Waals surface area contributed by atoms with Crippen LogP contribution in [0.15, 0.2) is 88.9 Å². The summed E-state index contributed by atoms with van der Waals surface area (Å²) >= 11 is 0. The second-order valence-corrected chi connectivity index (χ2v) is 10.0. The zero-order valence-corrected chi connectivity index (χ0v) is 23.5.